The number of nitrogens with zero attached hydrogens (tertiary/aromatic N) is 1. The molecular formula is C12H26N2O. The fraction of sp³-hybridized carbons (Fsp3) is 1.00. The van der Waals surface area contributed by atoms with Crippen molar-refractivity contribution in [2.45, 2.75) is 45.1 Å². The average Bonchev–Trinajstić information content (AvgIpc) is 2.27. The van der Waals surface area contributed by atoms with Gasteiger partial charge < -0.3 is 10.5 Å². The van der Waals surface area contributed by atoms with Crippen molar-refractivity contribution in [1.29, 1.82) is 0 Å². The lowest BCUT2D eigenvalue weighted by Crippen LogP contribution is -2.41. The van der Waals surface area contributed by atoms with Gasteiger partial charge in [0, 0.05) is 19.1 Å². The third-order valence-electron chi connectivity index (χ3n) is 3.16. The van der Waals surface area contributed by atoms with Crippen molar-refractivity contribution in [3.8, 4) is 0 Å². The van der Waals surface area contributed by atoms with E-state index in [2.05, 4.69) is 11.8 Å². The van der Waals surface area contributed by atoms with Crippen LogP contribution in [0.1, 0.15) is 39.0 Å². The maximum atomic E-state index is 5.45. The van der Waals surface area contributed by atoms with Crippen LogP contribution in [-0.2, 0) is 4.74 Å². The second-order valence-corrected chi connectivity index (χ2v) is 4.38. The number of ether oxygens (including phenoxy) is 1. The van der Waals surface area contributed by atoms with Gasteiger partial charge in [-0.2, -0.15) is 0 Å². The molecule has 1 heterocycles. The quantitative estimate of drug-likeness (QED) is 0.654. The first-order chi connectivity index (χ1) is 7.38. The Kier molecular flexibility index (Phi) is 6.98. The van der Waals surface area contributed by atoms with E-state index in [4.69, 9.17) is 10.5 Å². The average molecular weight is 214 g/mol. The van der Waals surface area contributed by atoms with E-state index >= 15 is 0 Å². The van der Waals surface area contributed by atoms with Gasteiger partial charge in [-0.3, -0.25) is 4.90 Å². The molecule has 1 rings (SSSR count). The van der Waals surface area contributed by atoms with Gasteiger partial charge in [0.2, 0.25) is 0 Å². The van der Waals surface area contributed by atoms with Crippen LogP contribution in [-0.4, -0.2) is 43.8 Å². The molecular weight excluding hydrogens is 188 g/mol. The molecule has 1 unspecified atom stereocenters. The molecule has 0 saturated carbocycles. The monoisotopic (exact) mass is 214 g/mol. The first kappa shape index (κ1) is 12.9. The molecule has 1 atom stereocenters. The van der Waals surface area contributed by atoms with E-state index in [-0.39, 0.29) is 0 Å². The summed E-state index contributed by atoms with van der Waals surface area (Å²) >= 11 is 0. The molecule has 0 aromatic heterocycles. The molecule has 3 heteroatoms. The van der Waals surface area contributed by atoms with E-state index in [9.17, 15) is 0 Å². The molecule has 0 bridgehead atoms. The fourth-order valence-electron chi connectivity index (χ4n) is 2.38. The van der Waals surface area contributed by atoms with Crippen molar-refractivity contribution in [1.82, 2.24) is 4.90 Å². The topological polar surface area (TPSA) is 38.5 Å². The van der Waals surface area contributed by atoms with Crippen LogP contribution < -0.4 is 5.73 Å². The molecule has 90 valence electrons. The minimum Gasteiger partial charge on any atom is -0.379 e. The SMILES string of the molecule is CCCC1CCCCN1CCOCCN. The highest BCUT2D eigenvalue weighted by Crippen LogP contribution is 2.20. The second kappa shape index (κ2) is 8.08. The highest BCUT2D eigenvalue weighted by molar-refractivity contribution is 4.76. The van der Waals surface area contributed by atoms with Crippen LogP contribution in [0.2, 0.25) is 0 Å². The summed E-state index contributed by atoms with van der Waals surface area (Å²) in [5.41, 5.74) is 5.38. The first-order valence-corrected chi connectivity index (χ1v) is 6.40. The molecule has 15 heavy (non-hydrogen) atoms. The highest BCUT2D eigenvalue weighted by atomic mass is 16.5. The highest BCUT2D eigenvalue weighted by Gasteiger charge is 2.20. The zero-order valence-electron chi connectivity index (χ0n) is 10.1. The number of piperidine rings is 1. The lowest BCUT2D eigenvalue weighted by atomic mass is 9.98. The van der Waals surface area contributed by atoms with Crippen LogP contribution >= 0.6 is 0 Å². The minimum atomic E-state index is 0.637. The van der Waals surface area contributed by atoms with E-state index < -0.39 is 0 Å². The van der Waals surface area contributed by atoms with Gasteiger partial charge in [0.1, 0.15) is 0 Å². The van der Waals surface area contributed by atoms with E-state index in [0.717, 1.165) is 19.2 Å². The van der Waals surface area contributed by atoms with E-state index in [1.165, 1.54) is 38.6 Å². The van der Waals surface area contributed by atoms with Crippen molar-refractivity contribution in [2.24, 2.45) is 5.73 Å². The van der Waals surface area contributed by atoms with Gasteiger partial charge >= 0.3 is 0 Å². The van der Waals surface area contributed by atoms with Crippen LogP contribution in [0.5, 0.6) is 0 Å². The Labute approximate surface area is 94.0 Å². The smallest absolute Gasteiger partial charge is 0.0594 e. The van der Waals surface area contributed by atoms with Crippen molar-refractivity contribution >= 4 is 0 Å². The number of hydrogen-bond donors (Lipinski definition) is 1. The third kappa shape index (κ3) is 4.96. The summed E-state index contributed by atoms with van der Waals surface area (Å²) in [4.78, 5) is 2.60. The molecule has 3 nitrogen and oxygen atoms in total. The largest absolute Gasteiger partial charge is 0.379 e. The number of hydrogen-bond acceptors (Lipinski definition) is 3. The Morgan fingerprint density at radius 1 is 1.33 bits per heavy atom. The van der Waals surface area contributed by atoms with Crippen molar-refractivity contribution in [3.63, 3.8) is 0 Å². The zero-order chi connectivity index (χ0) is 10.9. The molecule has 2 N–H and O–H groups in total. The van der Waals surface area contributed by atoms with Gasteiger partial charge in [0.25, 0.3) is 0 Å². The Bertz CT molecular complexity index is 151. The van der Waals surface area contributed by atoms with Gasteiger partial charge in [0.15, 0.2) is 0 Å². The summed E-state index contributed by atoms with van der Waals surface area (Å²) < 4.78 is 5.45. The van der Waals surface area contributed by atoms with Gasteiger partial charge in [-0.25, -0.2) is 0 Å². The second-order valence-electron chi connectivity index (χ2n) is 4.38. The van der Waals surface area contributed by atoms with Crippen LogP contribution in [0.25, 0.3) is 0 Å². The Morgan fingerprint density at radius 2 is 2.20 bits per heavy atom. The fourth-order valence-corrected chi connectivity index (χ4v) is 2.38. The molecule has 1 saturated heterocycles. The maximum Gasteiger partial charge on any atom is 0.0594 e. The molecule has 0 aromatic carbocycles. The molecule has 1 fully saturated rings. The Morgan fingerprint density at radius 3 is 2.93 bits per heavy atom. The summed E-state index contributed by atoms with van der Waals surface area (Å²) in [5, 5.41) is 0. The predicted molar refractivity (Wildman–Crippen MR) is 64.0 cm³/mol. The summed E-state index contributed by atoms with van der Waals surface area (Å²) in [7, 11) is 0. The lowest BCUT2D eigenvalue weighted by Gasteiger charge is -2.35. The third-order valence-corrected chi connectivity index (χ3v) is 3.16. The first-order valence-electron chi connectivity index (χ1n) is 6.40. The maximum absolute atomic E-state index is 5.45. The van der Waals surface area contributed by atoms with Gasteiger partial charge in [-0.1, -0.05) is 19.8 Å². The molecule has 1 aliphatic rings. The van der Waals surface area contributed by atoms with Crippen LogP contribution in [0.4, 0.5) is 0 Å². The van der Waals surface area contributed by atoms with E-state index in [1.807, 2.05) is 0 Å². The number of rotatable bonds is 7. The molecule has 1 aliphatic heterocycles. The van der Waals surface area contributed by atoms with Gasteiger partial charge in [-0.05, 0) is 25.8 Å². The summed E-state index contributed by atoms with van der Waals surface area (Å²) in [6.07, 6.45) is 6.79. The Balaban J connectivity index is 2.17. The molecule has 0 aromatic rings. The summed E-state index contributed by atoms with van der Waals surface area (Å²) in [6.45, 7) is 6.81. The summed E-state index contributed by atoms with van der Waals surface area (Å²) in [5.74, 6) is 0. The molecule has 0 spiro atoms. The van der Waals surface area contributed by atoms with E-state index in [0.29, 0.717) is 13.2 Å². The summed E-state index contributed by atoms with van der Waals surface area (Å²) in [6, 6.07) is 0.810. The zero-order valence-corrected chi connectivity index (χ0v) is 10.1. The van der Waals surface area contributed by atoms with Gasteiger partial charge in [0.05, 0.1) is 13.2 Å². The Hall–Kier alpha value is -0.120. The van der Waals surface area contributed by atoms with Crippen molar-refractivity contribution in [3.05, 3.63) is 0 Å². The molecule has 0 aliphatic carbocycles. The normalized spacial score (nSPS) is 23.2. The number of likely N-dealkylation sites (tertiary alicyclic amines) is 1. The van der Waals surface area contributed by atoms with Crippen LogP contribution in [0, 0.1) is 0 Å². The molecule has 0 amide bonds. The van der Waals surface area contributed by atoms with E-state index in [1.54, 1.807) is 0 Å². The van der Waals surface area contributed by atoms with Crippen LogP contribution in [0.3, 0.4) is 0 Å². The van der Waals surface area contributed by atoms with Gasteiger partial charge in [-0.15, -0.1) is 0 Å². The lowest BCUT2D eigenvalue weighted by molar-refractivity contribution is 0.0719. The van der Waals surface area contributed by atoms with Crippen LogP contribution in [0.15, 0.2) is 0 Å². The number of nitrogens with two attached hydrogens (primary N) is 1. The predicted octanol–water partition coefficient (Wildman–Crippen LogP) is 1.62. The van der Waals surface area contributed by atoms with Crippen molar-refractivity contribution < 1.29 is 4.74 Å². The minimum absolute atomic E-state index is 0.637. The standard InChI is InChI=1S/C12H26N2O/c1-2-5-12-6-3-4-8-14(12)9-11-15-10-7-13/h12H,2-11,13H2,1H3. The van der Waals surface area contributed by atoms with Crippen molar-refractivity contribution in [2.75, 3.05) is 32.8 Å². The molecule has 0 radical (unpaired) electrons.